The maximum atomic E-state index is 14.1. The third-order valence-electron chi connectivity index (χ3n) is 2.47. The molecule has 0 fully saturated rings. The lowest BCUT2D eigenvalue weighted by Gasteiger charge is -2.09. The summed E-state index contributed by atoms with van der Waals surface area (Å²) in [6.45, 7) is 1.69. The zero-order valence-corrected chi connectivity index (χ0v) is 9.90. The SMILES string of the molecule is COc1c(O)c(C)cc(-c2noc(CN)n2)c1F. The first-order chi connectivity index (χ1) is 8.58. The number of rotatable bonds is 3. The summed E-state index contributed by atoms with van der Waals surface area (Å²) in [6.07, 6.45) is 0. The fraction of sp³-hybridized carbons (Fsp3) is 0.273. The van der Waals surface area contributed by atoms with Crippen molar-refractivity contribution in [2.75, 3.05) is 7.11 Å². The summed E-state index contributed by atoms with van der Waals surface area (Å²) < 4.78 is 23.7. The number of nitrogens with zero attached hydrogens (tertiary/aromatic N) is 2. The molecule has 0 saturated carbocycles. The van der Waals surface area contributed by atoms with Crippen LogP contribution in [0.5, 0.6) is 11.5 Å². The molecule has 6 nitrogen and oxygen atoms in total. The smallest absolute Gasteiger partial charge is 0.240 e. The van der Waals surface area contributed by atoms with Gasteiger partial charge in [0.2, 0.25) is 11.7 Å². The fourth-order valence-corrected chi connectivity index (χ4v) is 1.55. The van der Waals surface area contributed by atoms with Gasteiger partial charge in [-0.1, -0.05) is 5.16 Å². The van der Waals surface area contributed by atoms with Crippen LogP contribution in [-0.2, 0) is 6.54 Å². The van der Waals surface area contributed by atoms with Crippen molar-refractivity contribution in [3.63, 3.8) is 0 Å². The molecule has 2 aromatic rings. The highest BCUT2D eigenvalue weighted by Crippen LogP contribution is 2.37. The van der Waals surface area contributed by atoms with Crippen molar-refractivity contribution < 1.29 is 18.8 Å². The molecule has 0 radical (unpaired) electrons. The Labute approximate surface area is 102 Å². The number of benzene rings is 1. The molecule has 0 aliphatic heterocycles. The molecule has 96 valence electrons. The number of aromatic nitrogens is 2. The lowest BCUT2D eigenvalue weighted by Crippen LogP contribution is -1.97. The van der Waals surface area contributed by atoms with Crippen LogP contribution >= 0.6 is 0 Å². The van der Waals surface area contributed by atoms with Crippen molar-refractivity contribution in [1.82, 2.24) is 10.1 Å². The minimum absolute atomic E-state index is 0.0642. The van der Waals surface area contributed by atoms with Crippen molar-refractivity contribution in [2.45, 2.75) is 13.5 Å². The van der Waals surface area contributed by atoms with E-state index in [-0.39, 0.29) is 35.3 Å². The molecule has 0 saturated heterocycles. The Hall–Kier alpha value is -2.15. The Balaban J connectivity index is 2.60. The highest BCUT2D eigenvalue weighted by atomic mass is 19.1. The monoisotopic (exact) mass is 253 g/mol. The lowest BCUT2D eigenvalue weighted by molar-refractivity contribution is 0.350. The molecule has 0 aliphatic rings. The summed E-state index contributed by atoms with van der Waals surface area (Å²) in [4.78, 5) is 3.93. The van der Waals surface area contributed by atoms with E-state index in [9.17, 15) is 9.50 Å². The van der Waals surface area contributed by atoms with Crippen molar-refractivity contribution in [1.29, 1.82) is 0 Å². The second kappa shape index (κ2) is 4.61. The van der Waals surface area contributed by atoms with Crippen LogP contribution in [0.25, 0.3) is 11.4 Å². The lowest BCUT2D eigenvalue weighted by atomic mass is 10.1. The maximum Gasteiger partial charge on any atom is 0.240 e. The Kier molecular flexibility index (Phi) is 3.15. The van der Waals surface area contributed by atoms with E-state index >= 15 is 0 Å². The van der Waals surface area contributed by atoms with Crippen molar-refractivity contribution in [2.24, 2.45) is 5.73 Å². The number of aromatic hydroxyl groups is 1. The first kappa shape index (κ1) is 12.3. The minimum Gasteiger partial charge on any atom is -0.504 e. The molecule has 0 spiro atoms. The predicted molar refractivity (Wildman–Crippen MR) is 60.5 cm³/mol. The molecule has 1 aromatic heterocycles. The van der Waals surface area contributed by atoms with E-state index in [4.69, 9.17) is 15.0 Å². The van der Waals surface area contributed by atoms with Gasteiger partial charge in [-0.2, -0.15) is 4.98 Å². The Morgan fingerprint density at radius 3 is 2.83 bits per heavy atom. The maximum absolute atomic E-state index is 14.1. The molecule has 0 atom stereocenters. The van der Waals surface area contributed by atoms with E-state index in [0.29, 0.717) is 5.56 Å². The van der Waals surface area contributed by atoms with E-state index in [2.05, 4.69) is 10.1 Å². The number of phenols is 1. The van der Waals surface area contributed by atoms with E-state index in [1.807, 2.05) is 0 Å². The molecule has 0 unspecified atom stereocenters. The Morgan fingerprint density at radius 1 is 1.56 bits per heavy atom. The minimum atomic E-state index is -0.745. The summed E-state index contributed by atoms with van der Waals surface area (Å²) in [5, 5.41) is 13.3. The standard InChI is InChI=1S/C11H12FN3O3/c1-5-3-6(8(12)10(17-2)9(5)16)11-14-7(4-13)18-15-11/h3,16H,4,13H2,1-2H3. The number of hydrogen-bond donors (Lipinski definition) is 2. The zero-order valence-electron chi connectivity index (χ0n) is 9.90. The van der Waals surface area contributed by atoms with Gasteiger partial charge in [-0.3, -0.25) is 0 Å². The summed E-state index contributed by atoms with van der Waals surface area (Å²) in [5.74, 6) is -0.973. The van der Waals surface area contributed by atoms with Gasteiger partial charge in [0.05, 0.1) is 19.2 Å². The van der Waals surface area contributed by atoms with Crippen molar-refractivity contribution in [3.8, 4) is 22.9 Å². The molecular weight excluding hydrogens is 241 g/mol. The van der Waals surface area contributed by atoms with Crippen LogP contribution in [0.3, 0.4) is 0 Å². The number of nitrogens with two attached hydrogens (primary N) is 1. The highest BCUT2D eigenvalue weighted by Gasteiger charge is 2.21. The first-order valence-electron chi connectivity index (χ1n) is 5.17. The van der Waals surface area contributed by atoms with Crippen LogP contribution in [0, 0.1) is 12.7 Å². The molecule has 3 N–H and O–H groups in total. The number of halogens is 1. The second-order valence-electron chi connectivity index (χ2n) is 3.65. The number of phenolic OH excluding ortho intramolecular Hbond substituents is 1. The number of aryl methyl sites for hydroxylation is 1. The second-order valence-corrected chi connectivity index (χ2v) is 3.65. The van der Waals surface area contributed by atoms with Gasteiger partial charge in [-0.15, -0.1) is 0 Å². The molecule has 1 aromatic carbocycles. The van der Waals surface area contributed by atoms with Gasteiger partial charge in [0, 0.05) is 0 Å². The number of hydrogen-bond acceptors (Lipinski definition) is 6. The van der Waals surface area contributed by atoms with Gasteiger partial charge in [0.25, 0.3) is 0 Å². The Bertz CT molecular complexity index is 583. The molecule has 0 amide bonds. The third-order valence-corrected chi connectivity index (χ3v) is 2.47. The van der Waals surface area contributed by atoms with Gasteiger partial charge < -0.3 is 20.1 Å². The third kappa shape index (κ3) is 1.88. The van der Waals surface area contributed by atoms with E-state index in [0.717, 1.165) is 0 Å². The van der Waals surface area contributed by atoms with Gasteiger partial charge in [-0.25, -0.2) is 4.39 Å². The molecule has 7 heteroatoms. The molecule has 0 aliphatic carbocycles. The molecule has 0 bridgehead atoms. The summed E-state index contributed by atoms with van der Waals surface area (Å²) in [5.41, 5.74) is 5.87. The predicted octanol–water partition coefficient (Wildman–Crippen LogP) is 1.36. The van der Waals surface area contributed by atoms with Crippen molar-refractivity contribution >= 4 is 0 Å². The average Bonchev–Trinajstić information content (AvgIpc) is 2.83. The molecular formula is C11H12FN3O3. The van der Waals surface area contributed by atoms with E-state index < -0.39 is 5.82 Å². The normalized spacial score (nSPS) is 10.7. The molecule has 18 heavy (non-hydrogen) atoms. The summed E-state index contributed by atoms with van der Waals surface area (Å²) in [7, 11) is 1.27. The van der Waals surface area contributed by atoms with Gasteiger partial charge >= 0.3 is 0 Å². The molecule has 1 heterocycles. The zero-order chi connectivity index (χ0) is 13.3. The van der Waals surface area contributed by atoms with Crippen LogP contribution in [0.4, 0.5) is 4.39 Å². The van der Waals surface area contributed by atoms with E-state index in [1.54, 1.807) is 6.92 Å². The fourth-order valence-electron chi connectivity index (χ4n) is 1.55. The largest absolute Gasteiger partial charge is 0.504 e. The number of methoxy groups -OCH3 is 1. The highest BCUT2D eigenvalue weighted by molar-refractivity contribution is 5.64. The molecule has 2 rings (SSSR count). The van der Waals surface area contributed by atoms with E-state index in [1.165, 1.54) is 13.2 Å². The van der Waals surface area contributed by atoms with Gasteiger partial charge in [-0.05, 0) is 18.6 Å². The van der Waals surface area contributed by atoms with Gasteiger partial charge in [0.1, 0.15) is 0 Å². The van der Waals surface area contributed by atoms with Crippen LogP contribution in [0.1, 0.15) is 11.5 Å². The van der Waals surface area contributed by atoms with Crippen molar-refractivity contribution in [3.05, 3.63) is 23.3 Å². The summed E-state index contributed by atoms with van der Waals surface area (Å²) >= 11 is 0. The first-order valence-corrected chi connectivity index (χ1v) is 5.17. The quantitative estimate of drug-likeness (QED) is 0.857. The van der Waals surface area contributed by atoms with Crippen LogP contribution in [0.2, 0.25) is 0 Å². The van der Waals surface area contributed by atoms with Crippen LogP contribution < -0.4 is 10.5 Å². The van der Waals surface area contributed by atoms with Gasteiger partial charge in [0.15, 0.2) is 17.3 Å². The number of ether oxygens (including phenoxy) is 1. The summed E-state index contributed by atoms with van der Waals surface area (Å²) in [6, 6.07) is 1.42. The average molecular weight is 253 g/mol. The van der Waals surface area contributed by atoms with Crippen LogP contribution in [-0.4, -0.2) is 22.4 Å². The van der Waals surface area contributed by atoms with Crippen LogP contribution in [0.15, 0.2) is 10.6 Å². The topological polar surface area (TPSA) is 94.4 Å². The Morgan fingerprint density at radius 2 is 2.28 bits per heavy atom.